The van der Waals surface area contributed by atoms with Gasteiger partial charge >= 0.3 is 0 Å². The molecule has 124 valence electrons. The first kappa shape index (κ1) is 17.2. The number of benzene rings is 1. The summed E-state index contributed by atoms with van der Waals surface area (Å²) in [5.41, 5.74) is 1.89. The number of rotatable bonds is 6. The second kappa shape index (κ2) is 6.95. The third-order valence-corrected chi connectivity index (χ3v) is 4.73. The molecule has 0 radical (unpaired) electrons. The van der Waals surface area contributed by atoms with Crippen molar-refractivity contribution in [2.24, 2.45) is 7.05 Å². The number of nitrogens with zero attached hydrogens (tertiary/aromatic N) is 2. The molecule has 7 heteroatoms. The van der Waals surface area contributed by atoms with Gasteiger partial charge in [0.15, 0.2) is 5.69 Å². The molecule has 0 atom stereocenters. The van der Waals surface area contributed by atoms with Crippen molar-refractivity contribution in [2.75, 3.05) is 5.75 Å². The van der Waals surface area contributed by atoms with Gasteiger partial charge in [-0.1, -0.05) is 44.2 Å². The van der Waals surface area contributed by atoms with E-state index in [1.807, 2.05) is 44.2 Å². The number of carbonyl (C=O) groups is 1. The third-order valence-electron chi connectivity index (χ3n) is 3.49. The molecule has 2 rings (SSSR count). The van der Waals surface area contributed by atoms with Gasteiger partial charge in [0.25, 0.3) is 5.91 Å². The van der Waals surface area contributed by atoms with Gasteiger partial charge in [0.1, 0.15) is 0 Å². The molecule has 0 fully saturated rings. The Morgan fingerprint density at radius 2 is 1.91 bits per heavy atom. The molecule has 0 aliphatic heterocycles. The lowest BCUT2D eigenvalue weighted by atomic mass is 10.1. The van der Waals surface area contributed by atoms with Crippen LogP contribution in [0.25, 0.3) is 0 Å². The predicted octanol–water partition coefficient (Wildman–Crippen LogP) is 1.85. The quantitative estimate of drug-likeness (QED) is 0.873. The average molecular weight is 335 g/mol. The van der Waals surface area contributed by atoms with Gasteiger partial charge in [0.05, 0.1) is 5.75 Å². The lowest BCUT2D eigenvalue weighted by molar-refractivity contribution is 0.0976. The Morgan fingerprint density at radius 3 is 2.48 bits per heavy atom. The van der Waals surface area contributed by atoms with Crippen molar-refractivity contribution in [3.63, 3.8) is 0 Å². The Kier molecular flexibility index (Phi) is 5.20. The SMILES string of the molecule is CC(C)c1cc(C(=O)NS(=O)(=O)CCc2ccccc2)nn1C. The summed E-state index contributed by atoms with van der Waals surface area (Å²) in [6.07, 6.45) is 0.350. The van der Waals surface area contributed by atoms with Crippen molar-refractivity contribution >= 4 is 15.9 Å². The Hall–Kier alpha value is -2.15. The van der Waals surface area contributed by atoms with Crippen LogP contribution in [0.1, 0.15) is 41.5 Å². The molecule has 6 nitrogen and oxygen atoms in total. The highest BCUT2D eigenvalue weighted by Gasteiger charge is 2.20. The van der Waals surface area contributed by atoms with Gasteiger partial charge in [-0.15, -0.1) is 0 Å². The van der Waals surface area contributed by atoms with Crippen LogP contribution in [0.2, 0.25) is 0 Å². The summed E-state index contributed by atoms with van der Waals surface area (Å²) >= 11 is 0. The zero-order valence-electron chi connectivity index (χ0n) is 13.5. The van der Waals surface area contributed by atoms with Crippen molar-refractivity contribution in [3.05, 3.63) is 53.3 Å². The fraction of sp³-hybridized carbons (Fsp3) is 0.375. The van der Waals surface area contributed by atoms with E-state index in [0.717, 1.165) is 11.3 Å². The Labute approximate surface area is 136 Å². The van der Waals surface area contributed by atoms with Gasteiger partial charge < -0.3 is 0 Å². The van der Waals surface area contributed by atoms with E-state index in [9.17, 15) is 13.2 Å². The summed E-state index contributed by atoms with van der Waals surface area (Å²) in [5.74, 6) is -0.642. The van der Waals surface area contributed by atoms with E-state index >= 15 is 0 Å². The van der Waals surface area contributed by atoms with Crippen LogP contribution in [0, 0.1) is 0 Å². The molecule has 0 spiro atoms. The maximum absolute atomic E-state index is 12.1. The molecule has 0 unspecified atom stereocenters. The van der Waals surface area contributed by atoms with E-state index in [4.69, 9.17) is 0 Å². The molecule has 0 saturated heterocycles. The number of sulfonamides is 1. The number of aromatic nitrogens is 2. The second-order valence-corrected chi connectivity index (χ2v) is 7.56. The predicted molar refractivity (Wildman–Crippen MR) is 88.7 cm³/mol. The minimum Gasteiger partial charge on any atom is -0.272 e. The van der Waals surface area contributed by atoms with E-state index in [-0.39, 0.29) is 17.4 Å². The molecule has 1 aromatic carbocycles. The first-order valence-corrected chi connectivity index (χ1v) is 9.06. The van der Waals surface area contributed by atoms with Gasteiger partial charge in [0, 0.05) is 12.7 Å². The Balaban J connectivity index is 2.02. The van der Waals surface area contributed by atoms with Gasteiger partial charge in [0.2, 0.25) is 10.0 Å². The first-order valence-electron chi connectivity index (χ1n) is 7.41. The number of hydrogen-bond donors (Lipinski definition) is 1. The second-order valence-electron chi connectivity index (χ2n) is 5.72. The zero-order valence-corrected chi connectivity index (χ0v) is 14.3. The molecule has 0 aliphatic carbocycles. The number of hydrogen-bond acceptors (Lipinski definition) is 4. The average Bonchev–Trinajstić information content (AvgIpc) is 2.88. The fourth-order valence-corrected chi connectivity index (χ4v) is 3.27. The molecular formula is C16H21N3O3S. The standard InChI is InChI=1S/C16H21N3O3S/c1-12(2)15-11-14(17-19(15)3)16(20)18-23(21,22)10-9-13-7-5-4-6-8-13/h4-8,11-12H,9-10H2,1-3H3,(H,18,20). The molecule has 0 saturated carbocycles. The van der Waals surface area contributed by atoms with Crippen molar-refractivity contribution in [2.45, 2.75) is 26.2 Å². The summed E-state index contributed by atoms with van der Waals surface area (Å²) in [6.45, 7) is 3.96. The van der Waals surface area contributed by atoms with E-state index < -0.39 is 15.9 Å². The number of aryl methyl sites for hydroxylation is 2. The first-order chi connectivity index (χ1) is 10.8. The number of nitrogens with one attached hydrogen (secondary N) is 1. The zero-order chi connectivity index (χ0) is 17.0. The molecule has 0 aliphatic rings. The molecule has 1 amide bonds. The number of amides is 1. The normalized spacial score (nSPS) is 11.7. The van der Waals surface area contributed by atoms with Crippen molar-refractivity contribution in [1.82, 2.24) is 14.5 Å². The van der Waals surface area contributed by atoms with Gasteiger partial charge in [-0.05, 0) is 24.0 Å². The van der Waals surface area contributed by atoms with Crippen LogP contribution < -0.4 is 4.72 Å². The highest BCUT2D eigenvalue weighted by atomic mass is 32.2. The summed E-state index contributed by atoms with van der Waals surface area (Å²) < 4.78 is 27.8. The molecule has 1 heterocycles. The minimum absolute atomic E-state index is 0.111. The molecule has 2 aromatic rings. The highest BCUT2D eigenvalue weighted by Crippen LogP contribution is 2.14. The van der Waals surface area contributed by atoms with Crippen molar-refractivity contribution in [3.8, 4) is 0 Å². The van der Waals surface area contributed by atoms with Crippen LogP contribution >= 0.6 is 0 Å². The summed E-state index contributed by atoms with van der Waals surface area (Å²) in [7, 11) is -1.97. The summed E-state index contributed by atoms with van der Waals surface area (Å²) in [5, 5.41) is 4.07. The molecular weight excluding hydrogens is 314 g/mol. The largest absolute Gasteiger partial charge is 0.285 e. The van der Waals surface area contributed by atoms with E-state index in [0.29, 0.717) is 6.42 Å². The van der Waals surface area contributed by atoms with Crippen molar-refractivity contribution in [1.29, 1.82) is 0 Å². The molecule has 1 aromatic heterocycles. The highest BCUT2D eigenvalue weighted by molar-refractivity contribution is 7.90. The van der Waals surface area contributed by atoms with Crippen LogP contribution in [0.5, 0.6) is 0 Å². The lowest BCUT2D eigenvalue weighted by Crippen LogP contribution is -2.33. The smallest absolute Gasteiger partial charge is 0.272 e. The minimum atomic E-state index is -3.70. The van der Waals surface area contributed by atoms with E-state index in [1.165, 1.54) is 0 Å². The van der Waals surface area contributed by atoms with Crippen LogP contribution in [0.15, 0.2) is 36.4 Å². The Morgan fingerprint density at radius 1 is 1.26 bits per heavy atom. The topological polar surface area (TPSA) is 81.1 Å². The maximum atomic E-state index is 12.1. The van der Waals surface area contributed by atoms with E-state index in [2.05, 4.69) is 9.82 Å². The van der Waals surface area contributed by atoms with Crippen LogP contribution in [-0.4, -0.2) is 29.9 Å². The lowest BCUT2D eigenvalue weighted by Gasteiger charge is -2.05. The van der Waals surface area contributed by atoms with Gasteiger partial charge in [-0.25, -0.2) is 13.1 Å². The third kappa shape index (κ3) is 4.66. The van der Waals surface area contributed by atoms with Crippen LogP contribution in [0.4, 0.5) is 0 Å². The van der Waals surface area contributed by atoms with E-state index in [1.54, 1.807) is 17.8 Å². The maximum Gasteiger partial charge on any atom is 0.285 e. The van der Waals surface area contributed by atoms with Crippen LogP contribution in [-0.2, 0) is 23.5 Å². The van der Waals surface area contributed by atoms with Crippen molar-refractivity contribution < 1.29 is 13.2 Å². The van der Waals surface area contributed by atoms with Gasteiger partial charge in [-0.2, -0.15) is 5.10 Å². The molecule has 1 N–H and O–H groups in total. The fourth-order valence-electron chi connectivity index (χ4n) is 2.27. The van der Waals surface area contributed by atoms with Gasteiger partial charge in [-0.3, -0.25) is 9.48 Å². The number of carbonyl (C=O) groups excluding carboxylic acids is 1. The molecule has 0 bridgehead atoms. The monoisotopic (exact) mass is 335 g/mol. The van der Waals surface area contributed by atoms with Crippen LogP contribution in [0.3, 0.4) is 0 Å². The summed E-state index contributed by atoms with van der Waals surface area (Å²) in [6, 6.07) is 10.9. The Bertz CT molecular complexity index is 780. The molecule has 23 heavy (non-hydrogen) atoms. The summed E-state index contributed by atoms with van der Waals surface area (Å²) in [4.78, 5) is 12.1.